The molecule has 3 rings (SSSR count). The standard InChI is InChI=1S/C16H13F5N2O5S/c17-15(18)27-10-7-5-9(6-8-10)23-14(24)12-4-2-1-3-11(12)13(22-23)28-29(25,26)16(19,20)21/h5-8,15H,1-4H2. The highest BCUT2D eigenvalue weighted by atomic mass is 32.2. The van der Waals surface area contributed by atoms with Gasteiger partial charge in [0.25, 0.3) is 11.4 Å². The fourth-order valence-electron chi connectivity index (χ4n) is 2.86. The molecule has 0 unspecified atom stereocenters. The van der Waals surface area contributed by atoms with Crippen molar-refractivity contribution in [1.82, 2.24) is 9.78 Å². The highest BCUT2D eigenvalue weighted by Crippen LogP contribution is 2.31. The first-order chi connectivity index (χ1) is 13.5. The van der Waals surface area contributed by atoms with Gasteiger partial charge >= 0.3 is 22.2 Å². The zero-order chi connectivity index (χ0) is 21.4. The Morgan fingerprint density at radius 1 is 1.03 bits per heavy atom. The van der Waals surface area contributed by atoms with Crippen molar-refractivity contribution in [3.8, 4) is 17.3 Å². The maximum absolute atomic E-state index is 12.7. The van der Waals surface area contributed by atoms with Crippen molar-refractivity contribution in [3.63, 3.8) is 0 Å². The topological polar surface area (TPSA) is 87.5 Å². The van der Waals surface area contributed by atoms with Crippen LogP contribution in [0.3, 0.4) is 0 Å². The Morgan fingerprint density at radius 2 is 1.62 bits per heavy atom. The van der Waals surface area contributed by atoms with Crippen LogP contribution in [-0.2, 0) is 23.0 Å². The van der Waals surface area contributed by atoms with Gasteiger partial charge in [-0.3, -0.25) is 4.79 Å². The quantitative estimate of drug-likeness (QED) is 0.404. The SMILES string of the molecule is O=c1c2c(c(OS(=O)(=O)C(F)(F)F)nn1-c1ccc(OC(F)F)cc1)CCCC2. The minimum Gasteiger partial charge on any atom is -0.435 e. The van der Waals surface area contributed by atoms with Crippen LogP contribution in [-0.4, -0.2) is 30.3 Å². The van der Waals surface area contributed by atoms with Crippen molar-refractivity contribution in [1.29, 1.82) is 0 Å². The molecule has 0 bridgehead atoms. The second-order valence-corrected chi connectivity index (χ2v) is 7.58. The van der Waals surface area contributed by atoms with Gasteiger partial charge in [0.05, 0.1) is 5.69 Å². The average molecular weight is 440 g/mol. The summed E-state index contributed by atoms with van der Waals surface area (Å²) in [5.74, 6) is -1.06. The van der Waals surface area contributed by atoms with Gasteiger partial charge in [0.1, 0.15) is 5.75 Å². The molecule has 0 atom stereocenters. The highest BCUT2D eigenvalue weighted by Gasteiger charge is 2.49. The minimum absolute atomic E-state index is 0.000698. The molecule has 0 saturated carbocycles. The van der Waals surface area contributed by atoms with E-state index in [9.17, 15) is 35.2 Å². The molecule has 0 saturated heterocycles. The molecule has 0 spiro atoms. The Balaban J connectivity index is 2.10. The van der Waals surface area contributed by atoms with Crippen LogP contribution in [0.4, 0.5) is 22.0 Å². The van der Waals surface area contributed by atoms with E-state index in [4.69, 9.17) is 0 Å². The molecule has 2 aromatic rings. The number of ether oxygens (including phenoxy) is 1. The first-order valence-corrected chi connectivity index (χ1v) is 9.61. The molecule has 0 N–H and O–H groups in total. The second-order valence-electron chi connectivity index (χ2n) is 6.04. The average Bonchev–Trinajstić information content (AvgIpc) is 2.63. The number of hydrogen-bond donors (Lipinski definition) is 0. The van der Waals surface area contributed by atoms with Crippen molar-refractivity contribution in [2.45, 2.75) is 37.8 Å². The molecule has 7 nitrogen and oxygen atoms in total. The molecule has 13 heteroatoms. The molecule has 1 heterocycles. The number of aromatic nitrogens is 2. The van der Waals surface area contributed by atoms with Crippen LogP contribution in [0.2, 0.25) is 0 Å². The van der Waals surface area contributed by atoms with E-state index in [1.54, 1.807) is 0 Å². The summed E-state index contributed by atoms with van der Waals surface area (Å²) in [6, 6.07) is 4.54. The summed E-state index contributed by atoms with van der Waals surface area (Å²) < 4.78 is 94.6. The van der Waals surface area contributed by atoms with Crippen LogP contribution in [0.5, 0.6) is 11.6 Å². The lowest BCUT2D eigenvalue weighted by Crippen LogP contribution is -2.33. The predicted molar refractivity (Wildman–Crippen MR) is 88.7 cm³/mol. The monoisotopic (exact) mass is 440 g/mol. The normalized spacial score (nSPS) is 14.6. The number of nitrogens with zero attached hydrogens (tertiary/aromatic N) is 2. The first-order valence-electron chi connectivity index (χ1n) is 8.20. The molecule has 0 amide bonds. The Hall–Kier alpha value is -2.70. The lowest BCUT2D eigenvalue weighted by molar-refractivity contribution is -0.0506. The maximum atomic E-state index is 12.7. The van der Waals surface area contributed by atoms with Crippen molar-refractivity contribution in [2.24, 2.45) is 0 Å². The Bertz CT molecular complexity index is 1060. The van der Waals surface area contributed by atoms with Crippen LogP contribution >= 0.6 is 0 Å². The lowest BCUT2D eigenvalue weighted by atomic mass is 9.94. The molecular weight excluding hydrogens is 427 g/mol. The molecule has 1 aromatic carbocycles. The molecule has 0 aliphatic heterocycles. The first kappa shape index (κ1) is 21.0. The van der Waals surface area contributed by atoms with Crippen LogP contribution in [0.25, 0.3) is 5.69 Å². The number of fused-ring (bicyclic) bond motifs is 1. The van der Waals surface area contributed by atoms with Crippen molar-refractivity contribution in [3.05, 3.63) is 45.7 Å². The van der Waals surface area contributed by atoms with E-state index in [1.165, 1.54) is 12.1 Å². The van der Waals surface area contributed by atoms with Crippen molar-refractivity contribution >= 4 is 10.1 Å². The molecule has 1 aliphatic carbocycles. The predicted octanol–water partition coefficient (Wildman–Crippen LogP) is 2.94. The van der Waals surface area contributed by atoms with Gasteiger partial charge in [0.2, 0.25) is 0 Å². The van der Waals surface area contributed by atoms with Gasteiger partial charge in [0.15, 0.2) is 0 Å². The van der Waals surface area contributed by atoms with E-state index < -0.39 is 33.7 Å². The zero-order valence-corrected chi connectivity index (χ0v) is 15.3. The smallest absolute Gasteiger partial charge is 0.435 e. The van der Waals surface area contributed by atoms with E-state index in [-0.39, 0.29) is 35.4 Å². The van der Waals surface area contributed by atoms with Gasteiger partial charge < -0.3 is 8.92 Å². The van der Waals surface area contributed by atoms with Gasteiger partial charge in [-0.25, -0.2) is 0 Å². The summed E-state index contributed by atoms with van der Waals surface area (Å²) in [6.07, 6.45) is 1.41. The number of alkyl halides is 5. The van der Waals surface area contributed by atoms with Crippen molar-refractivity contribution < 1.29 is 39.3 Å². The lowest BCUT2D eigenvalue weighted by Gasteiger charge is -2.20. The minimum atomic E-state index is -6.00. The Morgan fingerprint density at radius 3 is 2.17 bits per heavy atom. The van der Waals surface area contributed by atoms with Crippen LogP contribution in [0.15, 0.2) is 29.1 Å². The van der Waals surface area contributed by atoms with Gasteiger partial charge in [-0.2, -0.15) is 35.1 Å². The molecular formula is C16H13F5N2O5S. The fourth-order valence-corrected chi connectivity index (χ4v) is 3.30. The summed E-state index contributed by atoms with van der Waals surface area (Å²) >= 11 is 0. The highest BCUT2D eigenvalue weighted by molar-refractivity contribution is 7.87. The summed E-state index contributed by atoms with van der Waals surface area (Å²) in [7, 11) is -6.00. The largest absolute Gasteiger partial charge is 0.534 e. The molecule has 1 aliphatic rings. The number of rotatable bonds is 5. The number of benzene rings is 1. The second kappa shape index (κ2) is 7.61. The number of hydrogen-bond acceptors (Lipinski definition) is 6. The van der Waals surface area contributed by atoms with E-state index in [0.29, 0.717) is 17.5 Å². The molecule has 158 valence electrons. The molecule has 29 heavy (non-hydrogen) atoms. The summed E-state index contributed by atoms with van der Waals surface area (Å²) in [6.45, 7) is -3.07. The third-order valence-corrected chi connectivity index (χ3v) is 5.09. The van der Waals surface area contributed by atoms with Gasteiger partial charge in [0, 0.05) is 11.1 Å². The van der Waals surface area contributed by atoms with Gasteiger partial charge in [-0.05, 0) is 49.9 Å². The Kier molecular flexibility index (Phi) is 5.52. The number of halogens is 5. The van der Waals surface area contributed by atoms with E-state index in [0.717, 1.165) is 12.1 Å². The van der Waals surface area contributed by atoms with Crippen LogP contribution in [0.1, 0.15) is 24.0 Å². The third kappa shape index (κ3) is 4.33. The molecule has 0 fully saturated rings. The summed E-state index contributed by atoms with van der Waals surface area (Å²) in [5.41, 5.74) is -6.25. The third-order valence-electron chi connectivity index (χ3n) is 4.15. The van der Waals surface area contributed by atoms with E-state index in [1.807, 2.05) is 0 Å². The summed E-state index contributed by atoms with van der Waals surface area (Å²) in [4.78, 5) is 12.7. The molecule has 0 radical (unpaired) electrons. The van der Waals surface area contributed by atoms with E-state index in [2.05, 4.69) is 14.0 Å². The van der Waals surface area contributed by atoms with Crippen LogP contribution < -0.4 is 14.5 Å². The maximum Gasteiger partial charge on any atom is 0.534 e. The fraction of sp³-hybridized carbons (Fsp3) is 0.375. The van der Waals surface area contributed by atoms with Crippen molar-refractivity contribution in [2.75, 3.05) is 0 Å². The van der Waals surface area contributed by atoms with Gasteiger partial charge in [-0.15, -0.1) is 5.10 Å². The Labute approximate surface area is 160 Å². The zero-order valence-electron chi connectivity index (χ0n) is 14.4. The van der Waals surface area contributed by atoms with E-state index >= 15 is 0 Å². The summed E-state index contributed by atoms with van der Waals surface area (Å²) in [5, 5.41) is 3.66. The van der Waals surface area contributed by atoms with Crippen LogP contribution in [0, 0.1) is 0 Å². The van der Waals surface area contributed by atoms with Gasteiger partial charge in [-0.1, -0.05) is 0 Å². The molecule has 1 aromatic heterocycles.